The molecule has 2 rings (SSSR count). The molecule has 0 bridgehead atoms. The zero-order valence-corrected chi connectivity index (χ0v) is 14.0. The number of carbonyl (C=O) groups is 1. The van der Waals surface area contributed by atoms with Crippen LogP contribution in [0.4, 0.5) is 0 Å². The molecule has 0 aliphatic carbocycles. The van der Waals surface area contributed by atoms with Crippen LogP contribution in [0.15, 0.2) is 29.2 Å². The summed E-state index contributed by atoms with van der Waals surface area (Å²) >= 11 is 0. The molecule has 5 nitrogen and oxygen atoms in total. The molecule has 2 unspecified atom stereocenters. The predicted molar refractivity (Wildman–Crippen MR) is 84.2 cm³/mol. The molecule has 0 saturated carbocycles. The van der Waals surface area contributed by atoms with Crippen molar-refractivity contribution in [3.05, 3.63) is 29.8 Å². The Morgan fingerprint density at radius 3 is 2.32 bits per heavy atom. The van der Waals surface area contributed by atoms with Crippen molar-refractivity contribution < 1.29 is 18.3 Å². The van der Waals surface area contributed by atoms with E-state index in [1.165, 1.54) is 4.31 Å². The number of nitrogens with zero attached hydrogens (tertiary/aromatic N) is 1. The first-order chi connectivity index (χ1) is 10.2. The van der Waals surface area contributed by atoms with E-state index in [-0.39, 0.29) is 17.4 Å². The van der Waals surface area contributed by atoms with Gasteiger partial charge in [0.05, 0.1) is 10.8 Å². The number of sulfonamides is 1. The Kier molecular flexibility index (Phi) is 4.92. The van der Waals surface area contributed by atoms with Crippen molar-refractivity contribution in [2.45, 2.75) is 38.0 Å². The highest BCUT2D eigenvalue weighted by Gasteiger charge is 2.36. The van der Waals surface area contributed by atoms with Gasteiger partial charge in [-0.3, -0.25) is 4.79 Å². The van der Waals surface area contributed by atoms with Gasteiger partial charge in [-0.15, -0.1) is 0 Å². The molecule has 1 fully saturated rings. The summed E-state index contributed by atoms with van der Waals surface area (Å²) in [6, 6.07) is 6.86. The van der Waals surface area contributed by atoms with Gasteiger partial charge >= 0.3 is 5.97 Å². The van der Waals surface area contributed by atoms with Gasteiger partial charge in [0, 0.05) is 13.1 Å². The molecule has 1 aliphatic rings. The molecular formula is C16H23NO4S. The largest absolute Gasteiger partial charge is 0.481 e. The van der Waals surface area contributed by atoms with Crippen LogP contribution in [0, 0.1) is 11.8 Å². The topological polar surface area (TPSA) is 74.7 Å². The van der Waals surface area contributed by atoms with Gasteiger partial charge in [-0.1, -0.05) is 32.9 Å². The second-order valence-corrected chi connectivity index (χ2v) is 8.36. The molecule has 1 aromatic carbocycles. The molecule has 122 valence electrons. The minimum atomic E-state index is -3.63. The van der Waals surface area contributed by atoms with Crippen LogP contribution in [0.25, 0.3) is 0 Å². The van der Waals surface area contributed by atoms with Gasteiger partial charge in [0.1, 0.15) is 0 Å². The Balaban J connectivity index is 2.27. The molecule has 6 heteroatoms. The van der Waals surface area contributed by atoms with E-state index in [0.717, 1.165) is 5.56 Å². The van der Waals surface area contributed by atoms with E-state index in [4.69, 9.17) is 0 Å². The highest BCUT2D eigenvalue weighted by Crippen LogP contribution is 2.27. The first-order valence-corrected chi connectivity index (χ1v) is 8.98. The van der Waals surface area contributed by atoms with Crippen LogP contribution in [-0.4, -0.2) is 36.9 Å². The monoisotopic (exact) mass is 325 g/mol. The fraction of sp³-hybridized carbons (Fsp3) is 0.562. The summed E-state index contributed by atoms with van der Waals surface area (Å²) in [5, 5.41) is 9.19. The fourth-order valence-electron chi connectivity index (χ4n) is 2.85. The molecule has 0 amide bonds. The number of hydrogen-bond acceptors (Lipinski definition) is 3. The Hall–Kier alpha value is -1.40. The van der Waals surface area contributed by atoms with Crippen LogP contribution < -0.4 is 0 Å². The molecule has 22 heavy (non-hydrogen) atoms. The van der Waals surface area contributed by atoms with Gasteiger partial charge in [-0.25, -0.2) is 8.42 Å². The van der Waals surface area contributed by atoms with Crippen molar-refractivity contribution in [3.63, 3.8) is 0 Å². The number of carboxylic acids is 1. The standard InChI is InChI=1S/C16H23NO4S/c1-11(2)13-4-6-15(7-5-13)22(20,21)17-9-12(3)8-14(10-17)16(18)19/h4-7,11-12,14H,8-10H2,1-3H3,(H,18,19). The molecular weight excluding hydrogens is 302 g/mol. The average Bonchev–Trinajstić information content (AvgIpc) is 2.46. The van der Waals surface area contributed by atoms with Crippen LogP contribution in [0.1, 0.15) is 38.7 Å². The number of carboxylic acid groups (broad SMARTS) is 1. The summed E-state index contributed by atoms with van der Waals surface area (Å²) in [4.78, 5) is 11.4. The highest BCUT2D eigenvalue weighted by molar-refractivity contribution is 7.89. The summed E-state index contributed by atoms with van der Waals surface area (Å²) in [6.45, 7) is 6.41. The number of piperidine rings is 1. The second-order valence-electron chi connectivity index (χ2n) is 6.42. The number of aliphatic carboxylic acids is 1. The summed E-state index contributed by atoms with van der Waals surface area (Å²) < 4.78 is 26.7. The van der Waals surface area contributed by atoms with E-state index in [0.29, 0.717) is 18.9 Å². The molecule has 1 aliphatic heterocycles. The van der Waals surface area contributed by atoms with Gasteiger partial charge in [-0.2, -0.15) is 4.31 Å². The lowest BCUT2D eigenvalue weighted by Gasteiger charge is -2.33. The van der Waals surface area contributed by atoms with Crippen molar-refractivity contribution in [3.8, 4) is 0 Å². The van der Waals surface area contributed by atoms with E-state index in [9.17, 15) is 18.3 Å². The van der Waals surface area contributed by atoms with Crippen LogP contribution in [0.3, 0.4) is 0 Å². The van der Waals surface area contributed by atoms with Crippen molar-refractivity contribution in [1.29, 1.82) is 0 Å². The van der Waals surface area contributed by atoms with Crippen LogP contribution in [0.2, 0.25) is 0 Å². The second kappa shape index (κ2) is 6.38. The Morgan fingerprint density at radius 2 is 1.82 bits per heavy atom. The Bertz CT molecular complexity index is 637. The van der Waals surface area contributed by atoms with Crippen molar-refractivity contribution in [2.24, 2.45) is 11.8 Å². The average molecular weight is 325 g/mol. The first-order valence-electron chi connectivity index (χ1n) is 7.54. The summed E-state index contributed by atoms with van der Waals surface area (Å²) in [5.41, 5.74) is 1.08. The highest BCUT2D eigenvalue weighted by atomic mass is 32.2. The normalized spacial score (nSPS) is 23.6. The molecule has 0 spiro atoms. The SMILES string of the molecule is CC1CC(C(=O)O)CN(S(=O)(=O)c2ccc(C(C)C)cc2)C1. The maximum atomic E-state index is 12.7. The van der Waals surface area contributed by atoms with Crippen LogP contribution in [0.5, 0.6) is 0 Å². The lowest BCUT2D eigenvalue weighted by molar-refractivity contribution is -0.143. The zero-order valence-electron chi connectivity index (χ0n) is 13.2. The zero-order chi connectivity index (χ0) is 16.5. The number of hydrogen-bond donors (Lipinski definition) is 1. The lowest BCUT2D eigenvalue weighted by Crippen LogP contribution is -2.45. The molecule has 0 radical (unpaired) electrons. The summed E-state index contributed by atoms with van der Waals surface area (Å²) in [5.74, 6) is -1.18. The third kappa shape index (κ3) is 3.50. The minimum absolute atomic E-state index is 0.0413. The molecule has 1 saturated heterocycles. The quantitative estimate of drug-likeness (QED) is 0.923. The molecule has 1 aromatic rings. The third-order valence-corrected chi connectivity index (χ3v) is 6.01. The van der Waals surface area contributed by atoms with Crippen molar-refractivity contribution in [1.82, 2.24) is 4.31 Å². The van der Waals surface area contributed by atoms with Crippen molar-refractivity contribution in [2.75, 3.05) is 13.1 Å². The summed E-state index contributed by atoms with van der Waals surface area (Å²) in [6.07, 6.45) is 0.521. The minimum Gasteiger partial charge on any atom is -0.481 e. The molecule has 1 heterocycles. The molecule has 0 aromatic heterocycles. The van der Waals surface area contributed by atoms with Gasteiger partial charge in [-0.05, 0) is 36.0 Å². The van der Waals surface area contributed by atoms with E-state index in [2.05, 4.69) is 0 Å². The van der Waals surface area contributed by atoms with Crippen LogP contribution in [-0.2, 0) is 14.8 Å². The number of rotatable bonds is 4. The lowest BCUT2D eigenvalue weighted by atomic mass is 9.92. The van der Waals surface area contributed by atoms with Gasteiger partial charge < -0.3 is 5.11 Å². The van der Waals surface area contributed by atoms with Gasteiger partial charge in [0.25, 0.3) is 0 Å². The van der Waals surface area contributed by atoms with E-state index >= 15 is 0 Å². The first kappa shape index (κ1) is 17.0. The molecule has 1 N–H and O–H groups in total. The Labute approximate surface area is 132 Å². The molecule has 2 atom stereocenters. The predicted octanol–water partition coefficient (Wildman–Crippen LogP) is 2.54. The maximum Gasteiger partial charge on any atom is 0.307 e. The van der Waals surface area contributed by atoms with Crippen LogP contribution >= 0.6 is 0 Å². The Morgan fingerprint density at radius 1 is 1.23 bits per heavy atom. The van der Waals surface area contributed by atoms with Gasteiger partial charge in [0.2, 0.25) is 10.0 Å². The van der Waals surface area contributed by atoms with E-state index in [1.807, 2.05) is 32.9 Å². The van der Waals surface area contributed by atoms with Gasteiger partial charge in [0.15, 0.2) is 0 Å². The maximum absolute atomic E-state index is 12.7. The van der Waals surface area contributed by atoms with Crippen molar-refractivity contribution >= 4 is 16.0 Å². The third-order valence-electron chi connectivity index (χ3n) is 4.16. The van der Waals surface area contributed by atoms with E-state index < -0.39 is 21.9 Å². The fourth-order valence-corrected chi connectivity index (χ4v) is 4.46. The number of benzene rings is 1. The summed E-state index contributed by atoms with van der Waals surface area (Å²) in [7, 11) is -3.63. The smallest absolute Gasteiger partial charge is 0.307 e. The van der Waals surface area contributed by atoms with E-state index in [1.54, 1.807) is 12.1 Å².